The van der Waals surface area contributed by atoms with Gasteiger partial charge in [0.2, 0.25) is 0 Å². The van der Waals surface area contributed by atoms with Crippen molar-refractivity contribution in [1.82, 2.24) is 4.57 Å². The molecule has 1 saturated carbocycles. The lowest BCUT2D eigenvalue weighted by Gasteiger charge is -2.13. The number of hydrogen-bond acceptors (Lipinski definition) is 0. The molecule has 1 aliphatic rings. The fraction of sp³-hybridized carbons (Fsp3) is 0.219. The quantitative estimate of drug-likeness (QED) is 0.250. The number of benzene rings is 4. The van der Waals surface area contributed by atoms with Gasteiger partial charge in [-0.15, -0.1) is 0 Å². The van der Waals surface area contributed by atoms with E-state index in [1.165, 1.54) is 75.9 Å². The van der Waals surface area contributed by atoms with Crippen molar-refractivity contribution in [3.63, 3.8) is 0 Å². The zero-order valence-electron chi connectivity index (χ0n) is 20.0. The number of rotatable bonds is 4. The molecule has 0 unspecified atom stereocenters. The number of imidazole rings is 1. The zero-order valence-corrected chi connectivity index (χ0v) is 20.0. The zero-order chi connectivity index (χ0) is 23.1. The number of aromatic nitrogens is 2. The highest BCUT2D eigenvalue weighted by Crippen LogP contribution is 2.35. The molecule has 1 fully saturated rings. The molecule has 0 aliphatic heterocycles. The Hall–Kier alpha value is -3.65. The van der Waals surface area contributed by atoms with Crippen LogP contribution in [0.2, 0.25) is 0 Å². The molecule has 1 aromatic heterocycles. The van der Waals surface area contributed by atoms with E-state index in [0.29, 0.717) is 6.04 Å². The van der Waals surface area contributed by atoms with Gasteiger partial charge in [-0.05, 0) is 84.7 Å². The molecule has 0 atom stereocenters. The van der Waals surface area contributed by atoms with E-state index in [0.717, 1.165) is 0 Å². The van der Waals surface area contributed by atoms with Crippen LogP contribution in [0.1, 0.15) is 37.3 Å². The summed E-state index contributed by atoms with van der Waals surface area (Å²) in [6.45, 7) is 2.25. The van der Waals surface area contributed by atoms with Crippen LogP contribution < -0.4 is 4.57 Å². The molecule has 5 aromatic rings. The van der Waals surface area contributed by atoms with Crippen LogP contribution in [0, 0.1) is 6.92 Å². The average Bonchev–Trinajstić information content (AvgIpc) is 3.52. The first-order valence-corrected chi connectivity index (χ1v) is 12.5. The van der Waals surface area contributed by atoms with Crippen LogP contribution in [0.5, 0.6) is 0 Å². The molecule has 1 aliphatic carbocycles. The minimum Gasteiger partial charge on any atom is -0.226 e. The van der Waals surface area contributed by atoms with Crippen molar-refractivity contribution >= 4 is 11.0 Å². The van der Waals surface area contributed by atoms with Gasteiger partial charge in [0.1, 0.15) is 6.04 Å². The Kier molecular flexibility index (Phi) is 5.30. The molecular weight excluding hydrogens is 412 g/mol. The van der Waals surface area contributed by atoms with Crippen LogP contribution >= 0.6 is 0 Å². The highest BCUT2D eigenvalue weighted by Gasteiger charge is 2.32. The highest BCUT2D eigenvalue weighted by atomic mass is 15.2. The maximum atomic E-state index is 2.65. The third-order valence-electron chi connectivity index (χ3n) is 7.52. The normalized spacial score (nSPS) is 14.2. The van der Waals surface area contributed by atoms with E-state index >= 15 is 0 Å². The van der Waals surface area contributed by atoms with E-state index in [9.17, 15) is 0 Å². The molecule has 4 aromatic carbocycles. The fourth-order valence-electron chi connectivity index (χ4n) is 5.71. The molecule has 34 heavy (non-hydrogen) atoms. The van der Waals surface area contributed by atoms with Gasteiger partial charge in [0.05, 0.1) is 12.6 Å². The molecule has 0 bridgehead atoms. The Balaban J connectivity index is 1.60. The summed E-state index contributed by atoms with van der Waals surface area (Å²) in [4.78, 5) is 0. The Labute approximate surface area is 202 Å². The summed E-state index contributed by atoms with van der Waals surface area (Å²) in [5, 5.41) is 0. The van der Waals surface area contributed by atoms with Crippen LogP contribution in [0.15, 0.2) is 97.1 Å². The van der Waals surface area contributed by atoms with E-state index in [1.807, 2.05) is 0 Å². The van der Waals surface area contributed by atoms with Crippen LogP contribution in [-0.2, 0) is 7.05 Å². The lowest BCUT2D eigenvalue weighted by atomic mass is 9.99. The molecule has 168 valence electrons. The van der Waals surface area contributed by atoms with E-state index in [1.54, 1.807) is 0 Å². The number of hydrogen-bond donors (Lipinski definition) is 0. The summed E-state index contributed by atoms with van der Waals surface area (Å²) in [5.41, 5.74) is 10.4. The second kappa shape index (κ2) is 8.61. The van der Waals surface area contributed by atoms with Gasteiger partial charge in [-0.1, -0.05) is 72.8 Å². The third kappa shape index (κ3) is 3.54. The van der Waals surface area contributed by atoms with Crippen LogP contribution in [0.4, 0.5) is 0 Å². The smallest absolute Gasteiger partial charge is 0.226 e. The lowest BCUT2D eigenvalue weighted by molar-refractivity contribution is -0.687. The number of fused-ring (bicyclic) bond motifs is 1. The summed E-state index contributed by atoms with van der Waals surface area (Å²) in [7, 11) is 2.24. The maximum Gasteiger partial charge on any atom is 0.290 e. The van der Waals surface area contributed by atoms with E-state index in [4.69, 9.17) is 0 Å². The van der Waals surface area contributed by atoms with Crippen molar-refractivity contribution in [2.75, 3.05) is 0 Å². The second-order valence-corrected chi connectivity index (χ2v) is 9.66. The molecule has 0 radical (unpaired) electrons. The van der Waals surface area contributed by atoms with Crippen molar-refractivity contribution in [1.29, 1.82) is 0 Å². The van der Waals surface area contributed by atoms with Crippen molar-refractivity contribution in [3.05, 3.63) is 103 Å². The number of nitrogens with zero attached hydrogens (tertiary/aromatic N) is 2. The Morgan fingerprint density at radius 3 is 1.91 bits per heavy atom. The first-order chi connectivity index (χ1) is 16.7. The minimum atomic E-state index is 0.557. The van der Waals surface area contributed by atoms with Crippen molar-refractivity contribution in [2.45, 2.75) is 38.6 Å². The van der Waals surface area contributed by atoms with Crippen molar-refractivity contribution in [2.24, 2.45) is 7.05 Å². The average molecular weight is 444 g/mol. The lowest BCUT2D eigenvalue weighted by Crippen LogP contribution is -2.40. The maximum absolute atomic E-state index is 2.65. The molecule has 1 heterocycles. The van der Waals surface area contributed by atoms with E-state index in [2.05, 4.69) is 120 Å². The number of aryl methyl sites for hydroxylation is 2. The molecule has 2 nitrogen and oxygen atoms in total. The topological polar surface area (TPSA) is 8.81 Å². The molecule has 0 spiro atoms. The van der Waals surface area contributed by atoms with Gasteiger partial charge < -0.3 is 0 Å². The van der Waals surface area contributed by atoms with Gasteiger partial charge in [-0.2, -0.15) is 0 Å². The van der Waals surface area contributed by atoms with Crippen molar-refractivity contribution < 1.29 is 4.57 Å². The first-order valence-electron chi connectivity index (χ1n) is 12.5. The van der Waals surface area contributed by atoms with Gasteiger partial charge in [0.25, 0.3) is 5.82 Å². The third-order valence-corrected chi connectivity index (χ3v) is 7.52. The minimum absolute atomic E-state index is 0.557. The predicted octanol–water partition coefficient (Wildman–Crippen LogP) is 7.89. The van der Waals surface area contributed by atoms with Gasteiger partial charge in [0, 0.05) is 0 Å². The van der Waals surface area contributed by atoms with E-state index in [-0.39, 0.29) is 0 Å². The Morgan fingerprint density at radius 1 is 0.676 bits per heavy atom. The molecule has 0 saturated heterocycles. The SMILES string of the molecule is Cc1ccc(-c2ccccc2)cc1-c1n(C)c2cc(-c3ccccc3)ccc2[n+]1C1CCCC1. The van der Waals surface area contributed by atoms with Gasteiger partial charge in [-0.25, -0.2) is 9.13 Å². The monoisotopic (exact) mass is 443 g/mol. The van der Waals surface area contributed by atoms with Gasteiger partial charge >= 0.3 is 0 Å². The van der Waals surface area contributed by atoms with Crippen LogP contribution in [0.25, 0.3) is 44.7 Å². The summed E-state index contributed by atoms with van der Waals surface area (Å²) in [6, 6.07) is 35.9. The molecule has 6 rings (SSSR count). The Morgan fingerprint density at radius 2 is 1.26 bits per heavy atom. The van der Waals surface area contributed by atoms with Crippen molar-refractivity contribution in [3.8, 4) is 33.6 Å². The van der Waals surface area contributed by atoms with E-state index < -0.39 is 0 Å². The Bertz CT molecular complexity index is 1460. The standard InChI is InChI=1S/C32H31N2/c1-23-17-18-26(24-11-5-3-6-12-24)21-29(23)32-33(2)31-22-27(25-13-7-4-8-14-25)19-20-30(31)34(32)28-15-9-10-16-28/h3-8,11-14,17-22,28H,9-10,15-16H2,1-2H3/q+1. The van der Waals surface area contributed by atoms with Gasteiger partial charge in [-0.3, -0.25) is 0 Å². The molecule has 0 amide bonds. The molecule has 2 heteroatoms. The first kappa shape index (κ1) is 20.9. The highest BCUT2D eigenvalue weighted by molar-refractivity contribution is 5.83. The van der Waals surface area contributed by atoms with Crippen LogP contribution in [0.3, 0.4) is 0 Å². The van der Waals surface area contributed by atoms with Gasteiger partial charge in [0.15, 0.2) is 11.0 Å². The summed E-state index contributed by atoms with van der Waals surface area (Å²) >= 11 is 0. The summed E-state index contributed by atoms with van der Waals surface area (Å²) in [5.74, 6) is 1.32. The largest absolute Gasteiger partial charge is 0.290 e. The molecular formula is C32H31N2+. The van der Waals surface area contributed by atoms with Crippen LogP contribution in [-0.4, -0.2) is 4.57 Å². The summed E-state index contributed by atoms with van der Waals surface area (Å²) in [6.07, 6.45) is 5.15. The fourth-order valence-corrected chi connectivity index (χ4v) is 5.71. The molecule has 0 N–H and O–H groups in total. The summed E-state index contributed by atoms with van der Waals surface area (Å²) < 4.78 is 5.07. The predicted molar refractivity (Wildman–Crippen MR) is 142 cm³/mol. The second-order valence-electron chi connectivity index (χ2n) is 9.66.